The zero-order valence-electron chi connectivity index (χ0n) is 11.0. The van der Waals surface area contributed by atoms with Crippen LogP contribution in [0.25, 0.3) is 0 Å². The van der Waals surface area contributed by atoms with E-state index in [1.54, 1.807) is 11.3 Å². The Kier molecular flexibility index (Phi) is 5.98. The number of nitrogens with two attached hydrogens (primary N) is 1. The summed E-state index contributed by atoms with van der Waals surface area (Å²) in [6.45, 7) is 1.81. The number of carboxylic acids is 1. The molecular weight excluding hydrogens is 282 g/mol. The van der Waals surface area contributed by atoms with Gasteiger partial charge in [0.25, 0.3) is 0 Å². The van der Waals surface area contributed by atoms with Gasteiger partial charge in [-0.05, 0) is 18.4 Å². The number of carbonyl (C=O) groups is 3. The molecule has 110 valence electrons. The van der Waals surface area contributed by atoms with Crippen molar-refractivity contribution in [2.24, 2.45) is 5.73 Å². The first-order valence-electron chi connectivity index (χ1n) is 5.99. The van der Waals surface area contributed by atoms with Crippen LogP contribution in [0, 0.1) is 0 Å². The van der Waals surface area contributed by atoms with Crippen LogP contribution in [-0.2, 0) is 16.0 Å². The van der Waals surface area contributed by atoms with Crippen molar-refractivity contribution in [2.75, 3.05) is 0 Å². The molecule has 3 amide bonds. The minimum absolute atomic E-state index is 0.156. The predicted molar refractivity (Wildman–Crippen MR) is 74.4 cm³/mol. The maximum absolute atomic E-state index is 11.6. The van der Waals surface area contributed by atoms with Crippen molar-refractivity contribution in [3.05, 3.63) is 22.4 Å². The summed E-state index contributed by atoms with van der Waals surface area (Å²) in [5, 5.41) is 15.6. The van der Waals surface area contributed by atoms with Crippen LogP contribution in [0.5, 0.6) is 0 Å². The molecule has 0 aliphatic carbocycles. The second-order valence-electron chi connectivity index (χ2n) is 4.36. The number of amides is 3. The van der Waals surface area contributed by atoms with E-state index in [4.69, 9.17) is 10.8 Å². The Hall–Kier alpha value is -2.09. The number of nitrogens with one attached hydrogen (secondary N) is 2. The molecule has 0 aliphatic heterocycles. The number of rotatable bonds is 7. The number of carbonyl (C=O) groups excluding carboxylic acids is 2. The van der Waals surface area contributed by atoms with Gasteiger partial charge in [0.05, 0.1) is 6.42 Å². The zero-order valence-corrected chi connectivity index (χ0v) is 11.8. The first-order valence-corrected chi connectivity index (χ1v) is 6.87. The topological polar surface area (TPSA) is 122 Å². The van der Waals surface area contributed by atoms with Gasteiger partial charge < -0.3 is 21.5 Å². The SMILES string of the molecule is CC(Cc1cccs1)NC(=O)N[C@@H](CC(N)=O)C(=O)O. The summed E-state index contributed by atoms with van der Waals surface area (Å²) in [5.41, 5.74) is 4.93. The van der Waals surface area contributed by atoms with Gasteiger partial charge in [0.2, 0.25) is 5.91 Å². The standard InChI is InChI=1S/C12H17N3O4S/c1-7(5-8-3-2-4-20-8)14-12(19)15-9(11(17)18)6-10(13)16/h2-4,7,9H,5-6H2,1H3,(H2,13,16)(H,17,18)(H2,14,15,19)/t7?,9-/m0/s1. The summed E-state index contributed by atoms with van der Waals surface area (Å²) in [7, 11) is 0. The van der Waals surface area contributed by atoms with E-state index in [0.717, 1.165) is 4.88 Å². The second-order valence-corrected chi connectivity index (χ2v) is 5.40. The van der Waals surface area contributed by atoms with Gasteiger partial charge in [0.1, 0.15) is 6.04 Å². The summed E-state index contributed by atoms with van der Waals surface area (Å²) >= 11 is 1.58. The molecule has 1 heterocycles. The fraction of sp³-hybridized carbons (Fsp3) is 0.417. The molecule has 1 aromatic heterocycles. The first kappa shape index (κ1) is 16.0. The number of urea groups is 1. The Bertz CT molecular complexity index is 475. The van der Waals surface area contributed by atoms with Gasteiger partial charge in [-0.25, -0.2) is 9.59 Å². The summed E-state index contributed by atoms with van der Waals surface area (Å²) in [5.74, 6) is -2.09. The summed E-state index contributed by atoms with van der Waals surface area (Å²) < 4.78 is 0. The highest BCUT2D eigenvalue weighted by Crippen LogP contribution is 2.10. The Labute approximate surface area is 120 Å². The quantitative estimate of drug-likeness (QED) is 0.578. The van der Waals surface area contributed by atoms with E-state index in [2.05, 4.69) is 10.6 Å². The van der Waals surface area contributed by atoms with E-state index in [9.17, 15) is 14.4 Å². The number of aliphatic carboxylic acids is 1. The maximum atomic E-state index is 11.6. The lowest BCUT2D eigenvalue weighted by Gasteiger charge is -2.17. The predicted octanol–water partition coefficient (Wildman–Crippen LogP) is 0.307. The largest absolute Gasteiger partial charge is 0.480 e. The molecule has 7 nitrogen and oxygen atoms in total. The summed E-state index contributed by atoms with van der Waals surface area (Å²) in [4.78, 5) is 34.3. The van der Waals surface area contributed by atoms with E-state index < -0.39 is 30.4 Å². The van der Waals surface area contributed by atoms with Crippen LogP contribution in [0.1, 0.15) is 18.2 Å². The minimum atomic E-state index is -1.32. The summed E-state index contributed by atoms with van der Waals surface area (Å²) in [6.07, 6.45) is 0.209. The first-order chi connectivity index (χ1) is 9.38. The van der Waals surface area contributed by atoms with Crippen LogP contribution in [-0.4, -0.2) is 35.1 Å². The molecule has 0 bridgehead atoms. The molecule has 20 heavy (non-hydrogen) atoms. The molecule has 0 spiro atoms. The highest BCUT2D eigenvalue weighted by atomic mass is 32.1. The van der Waals surface area contributed by atoms with Gasteiger partial charge in [-0.3, -0.25) is 4.79 Å². The number of hydrogen-bond donors (Lipinski definition) is 4. The molecule has 0 fully saturated rings. The van der Waals surface area contributed by atoms with Gasteiger partial charge in [-0.1, -0.05) is 6.07 Å². The second kappa shape index (κ2) is 7.49. The van der Waals surface area contributed by atoms with E-state index in [1.807, 2.05) is 24.4 Å². The normalized spacial score (nSPS) is 13.2. The van der Waals surface area contributed by atoms with Gasteiger partial charge in [0, 0.05) is 17.3 Å². The average molecular weight is 299 g/mol. The Morgan fingerprint density at radius 1 is 1.40 bits per heavy atom. The number of thiophene rings is 1. The lowest BCUT2D eigenvalue weighted by Crippen LogP contribution is -2.50. The van der Waals surface area contributed by atoms with Gasteiger partial charge in [0.15, 0.2) is 0 Å². The van der Waals surface area contributed by atoms with Crippen molar-refractivity contribution in [2.45, 2.75) is 31.8 Å². The van der Waals surface area contributed by atoms with Crippen molar-refractivity contribution in [1.29, 1.82) is 0 Å². The molecule has 2 atom stereocenters. The van der Waals surface area contributed by atoms with Crippen LogP contribution in [0.3, 0.4) is 0 Å². The Balaban J connectivity index is 2.44. The molecule has 0 aromatic carbocycles. The van der Waals surface area contributed by atoms with Gasteiger partial charge in [-0.15, -0.1) is 11.3 Å². The third-order valence-corrected chi connectivity index (χ3v) is 3.37. The smallest absolute Gasteiger partial charge is 0.326 e. The van der Waals surface area contributed by atoms with Crippen molar-refractivity contribution >= 4 is 29.2 Å². The van der Waals surface area contributed by atoms with Crippen molar-refractivity contribution in [1.82, 2.24) is 10.6 Å². The Morgan fingerprint density at radius 2 is 2.10 bits per heavy atom. The molecule has 1 unspecified atom stereocenters. The van der Waals surface area contributed by atoms with Crippen LogP contribution in [0.2, 0.25) is 0 Å². The van der Waals surface area contributed by atoms with Crippen LogP contribution in [0.4, 0.5) is 4.79 Å². The van der Waals surface area contributed by atoms with Crippen molar-refractivity contribution in [3.8, 4) is 0 Å². The minimum Gasteiger partial charge on any atom is -0.480 e. The van der Waals surface area contributed by atoms with Crippen LogP contribution in [0.15, 0.2) is 17.5 Å². The van der Waals surface area contributed by atoms with Crippen LogP contribution >= 0.6 is 11.3 Å². The number of hydrogen-bond acceptors (Lipinski definition) is 4. The molecule has 1 aromatic rings. The molecule has 0 aliphatic rings. The lowest BCUT2D eigenvalue weighted by atomic mass is 10.2. The lowest BCUT2D eigenvalue weighted by molar-refractivity contribution is -0.140. The molecular formula is C12H17N3O4S. The number of primary amides is 1. The van der Waals surface area contributed by atoms with Gasteiger partial charge in [-0.2, -0.15) is 0 Å². The average Bonchev–Trinajstić information content (AvgIpc) is 2.79. The molecule has 0 radical (unpaired) electrons. The van der Waals surface area contributed by atoms with E-state index in [-0.39, 0.29) is 6.04 Å². The molecule has 8 heteroatoms. The van der Waals surface area contributed by atoms with Crippen molar-refractivity contribution in [3.63, 3.8) is 0 Å². The van der Waals surface area contributed by atoms with E-state index >= 15 is 0 Å². The number of carboxylic acid groups (broad SMARTS) is 1. The third kappa shape index (κ3) is 5.70. The van der Waals surface area contributed by atoms with E-state index in [0.29, 0.717) is 6.42 Å². The van der Waals surface area contributed by atoms with E-state index in [1.165, 1.54) is 0 Å². The van der Waals surface area contributed by atoms with Crippen molar-refractivity contribution < 1.29 is 19.5 Å². The maximum Gasteiger partial charge on any atom is 0.326 e. The fourth-order valence-corrected chi connectivity index (χ4v) is 2.44. The molecule has 1 rings (SSSR count). The van der Waals surface area contributed by atoms with Crippen LogP contribution < -0.4 is 16.4 Å². The molecule has 0 saturated heterocycles. The highest BCUT2D eigenvalue weighted by molar-refractivity contribution is 7.09. The van der Waals surface area contributed by atoms with Gasteiger partial charge >= 0.3 is 12.0 Å². The highest BCUT2D eigenvalue weighted by Gasteiger charge is 2.22. The third-order valence-electron chi connectivity index (χ3n) is 2.47. The zero-order chi connectivity index (χ0) is 15.1. The Morgan fingerprint density at radius 3 is 2.60 bits per heavy atom. The molecule has 0 saturated carbocycles. The molecule has 5 N–H and O–H groups in total. The monoisotopic (exact) mass is 299 g/mol. The summed E-state index contributed by atoms with van der Waals surface area (Å²) in [6, 6.07) is 1.76. The fourth-order valence-electron chi connectivity index (χ4n) is 1.61.